The van der Waals surface area contributed by atoms with Gasteiger partial charge in [-0.15, -0.1) is 0 Å². The third-order valence-electron chi connectivity index (χ3n) is 6.63. The van der Waals surface area contributed by atoms with Crippen LogP contribution in [0.25, 0.3) is 0 Å². The van der Waals surface area contributed by atoms with Crippen LogP contribution in [0.15, 0.2) is 18.2 Å². The molecule has 0 bridgehead atoms. The molecular formula is C23H32FN3O2. The Hall–Kier alpha value is -1.95. The lowest BCUT2D eigenvalue weighted by Gasteiger charge is -2.31. The van der Waals surface area contributed by atoms with Gasteiger partial charge in [0.25, 0.3) is 5.91 Å². The molecule has 4 rings (SSSR count). The Labute approximate surface area is 172 Å². The van der Waals surface area contributed by atoms with Crippen molar-refractivity contribution in [3.05, 3.63) is 35.1 Å². The number of rotatable bonds is 8. The van der Waals surface area contributed by atoms with E-state index in [4.69, 9.17) is 0 Å². The van der Waals surface area contributed by atoms with Gasteiger partial charge in [-0.2, -0.15) is 0 Å². The number of aryl methyl sites for hydroxylation is 1. The normalized spacial score (nSPS) is 24.9. The van der Waals surface area contributed by atoms with Gasteiger partial charge in [-0.3, -0.25) is 14.5 Å². The Balaban J connectivity index is 1.33. The summed E-state index contributed by atoms with van der Waals surface area (Å²) in [6.45, 7) is 3.34. The number of benzene rings is 1. The van der Waals surface area contributed by atoms with E-state index in [9.17, 15) is 14.0 Å². The van der Waals surface area contributed by atoms with Crippen LogP contribution in [0.3, 0.4) is 0 Å². The maximum atomic E-state index is 13.6. The minimum atomic E-state index is -0.385. The number of hydrogen-bond donors (Lipinski definition) is 2. The topological polar surface area (TPSA) is 61.4 Å². The van der Waals surface area contributed by atoms with Gasteiger partial charge in [0.2, 0.25) is 5.91 Å². The number of nitrogens with one attached hydrogen (secondary N) is 2. The van der Waals surface area contributed by atoms with Crippen LogP contribution in [0.1, 0.15) is 67.3 Å². The van der Waals surface area contributed by atoms with E-state index in [1.165, 1.54) is 31.4 Å². The van der Waals surface area contributed by atoms with Crippen LogP contribution in [-0.4, -0.2) is 47.9 Å². The molecular weight excluding hydrogens is 369 g/mol. The number of likely N-dealkylation sites (tertiary alicyclic amines) is 1. The lowest BCUT2D eigenvalue weighted by atomic mass is 9.93. The molecule has 29 heavy (non-hydrogen) atoms. The number of halogens is 1. The summed E-state index contributed by atoms with van der Waals surface area (Å²) in [5.41, 5.74) is 1.11. The first-order valence-corrected chi connectivity index (χ1v) is 11.1. The summed E-state index contributed by atoms with van der Waals surface area (Å²) in [6.07, 6.45) is 8.48. The molecule has 3 aliphatic rings. The summed E-state index contributed by atoms with van der Waals surface area (Å²) in [6, 6.07) is 5.30. The van der Waals surface area contributed by atoms with E-state index in [0.29, 0.717) is 24.6 Å². The molecule has 158 valence electrons. The third-order valence-corrected chi connectivity index (χ3v) is 6.63. The van der Waals surface area contributed by atoms with Crippen LogP contribution in [0.4, 0.5) is 4.39 Å². The first kappa shape index (κ1) is 20.3. The van der Waals surface area contributed by atoms with E-state index < -0.39 is 0 Å². The first-order chi connectivity index (χ1) is 14.0. The second kappa shape index (κ2) is 8.82. The van der Waals surface area contributed by atoms with E-state index >= 15 is 0 Å². The quantitative estimate of drug-likeness (QED) is 0.703. The minimum absolute atomic E-state index is 0.167. The second-order valence-electron chi connectivity index (χ2n) is 9.15. The maximum Gasteiger partial charge on any atom is 0.251 e. The van der Waals surface area contributed by atoms with Crippen molar-refractivity contribution in [1.29, 1.82) is 0 Å². The average Bonchev–Trinajstić information content (AvgIpc) is 3.38. The van der Waals surface area contributed by atoms with Crippen molar-refractivity contribution >= 4 is 11.8 Å². The van der Waals surface area contributed by atoms with E-state index in [1.807, 2.05) is 0 Å². The molecule has 2 amide bonds. The van der Waals surface area contributed by atoms with Gasteiger partial charge in [0, 0.05) is 43.2 Å². The van der Waals surface area contributed by atoms with E-state index in [-0.39, 0.29) is 29.7 Å². The molecule has 0 aromatic heterocycles. The van der Waals surface area contributed by atoms with E-state index in [0.717, 1.165) is 43.7 Å². The number of hydrogen-bond acceptors (Lipinski definition) is 3. The molecule has 2 atom stereocenters. The maximum absolute atomic E-state index is 13.6. The van der Waals surface area contributed by atoms with Gasteiger partial charge in [-0.25, -0.2) is 4.39 Å². The summed E-state index contributed by atoms with van der Waals surface area (Å²) in [4.78, 5) is 27.4. The Morgan fingerprint density at radius 3 is 2.48 bits per heavy atom. The molecule has 3 fully saturated rings. The summed E-state index contributed by atoms with van der Waals surface area (Å²) < 4.78 is 13.6. The summed E-state index contributed by atoms with van der Waals surface area (Å²) in [5.74, 6) is 0.281. The van der Waals surface area contributed by atoms with Crippen LogP contribution in [0, 0.1) is 18.7 Å². The Bertz CT molecular complexity index is 740. The lowest BCUT2D eigenvalue weighted by molar-refractivity contribution is -0.123. The molecule has 1 aromatic rings. The SMILES string of the molecule is Cc1cc(F)cc(C(=O)NC[C@@H]2CC[C@H](CC(=O)NC3CCC3)N2CC2CC2)c1. The van der Waals surface area contributed by atoms with Crippen molar-refractivity contribution < 1.29 is 14.0 Å². The van der Waals surface area contributed by atoms with Crippen LogP contribution >= 0.6 is 0 Å². The number of carbonyl (C=O) groups is 2. The van der Waals surface area contributed by atoms with Crippen molar-refractivity contribution in [2.45, 2.75) is 76.4 Å². The second-order valence-corrected chi connectivity index (χ2v) is 9.15. The zero-order valence-electron chi connectivity index (χ0n) is 17.3. The van der Waals surface area contributed by atoms with Crippen LogP contribution in [-0.2, 0) is 4.79 Å². The monoisotopic (exact) mass is 401 g/mol. The average molecular weight is 402 g/mol. The molecule has 1 heterocycles. The predicted molar refractivity (Wildman–Crippen MR) is 110 cm³/mol. The highest BCUT2D eigenvalue weighted by molar-refractivity contribution is 5.94. The van der Waals surface area contributed by atoms with Crippen molar-refractivity contribution in [2.75, 3.05) is 13.1 Å². The Morgan fingerprint density at radius 2 is 1.83 bits per heavy atom. The molecule has 2 aliphatic carbocycles. The van der Waals surface area contributed by atoms with Gasteiger partial charge in [0.15, 0.2) is 0 Å². The molecule has 1 saturated heterocycles. The number of nitrogens with zero attached hydrogens (tertiary/aromatic N) is 1. The molecule has 0 spiro atoms. The van der Waals surface area contributed by atoms with Crippen molar-refractivity contribution in [3.63, 3.8) is 0 Å². The van der Waals surface area contributed by atoms with Crippen molar-refractivity contribution in [2.24, 2.45) is 5.92 Å². The predicted octanol–water partition coefficient (Wildman–Crippen LogP) is 3.17. The van der Waals surface area contributed by atoms with Crippen molar-refractivity contribution in [1.82, 2.24) is 15.5 Å². The molecule has 2 saturated carbocycles. The molecule has 1 aromatic carbocycles. The zero-order valence-corrected chi connectivity index (χ0v) is 17.3. The van der Waals surface area contributed by atoms with Gasteiger partial charge in [0.1, 0.15) is 5.82 Å². The van der Waals surface area contributed by atoms with E-state index in [2.05, 4.69) is 15.5 Å². The fourth-order valence-electron chi connectivity index (χ4n) is 4.58. The van der Waals surface area contributed by atoms with Crippen LogP contribution in [0.2, 0.25) is 0 Å². The number of amides is 2. The molecule has 0 radical (unpaired) electrons. The Kier molecular flexibility index (Phi) is 6.18. The summed E-state index contributed by atoms with van der Waals surface area (Å²) >= 11 is 0. The molecule has 5 nitrogen and oxygen atoms in total. The molecule has 6 heteroatoms. The molecule has 1 aliphatic heterocycles. The molecule has 2 N–H and O–H groups in total. The highest BCUT2D eigenvalue weighted by atomic mass is 19.1. The summed E-state index contributed by atoms with van der Waals surface area (Å²) in [7, 11) is 0. The molecule has 0 unspecified atom stereocenters. The highest BCUT2D eigenvalue weighted by Gasteiger charge is 2.38. The highest BCUT2D eigenvalue weighted by Crippen LogP contribution is 2.35. The summed E-state index contributed by atoms with van der Waals surface area (Å²) in [5, 5.41) is 6.15. The van der Waals surface area contributed by atoms with Crippen LogP contribution in [0.5, 0.6) is 0 Å². The van der Waals surface area contributed by atoms with Gasteiger partial charge in [-0.05, 0) is 81.5 Å². The van der Waals surface area contributed by atoms with Gasteiger partial charge < -0.3 is 10.6 Å². The minimum Gasteiger partial charge on any atom is -0.353 e. The fourth-order valence-corrected chi connectivity index (χ4v) is 4.58. The standard InChI is InChI=1S/C23H32FN3O2/c1-15-9-17(11-18(24)10-15)23(29)25-13-21-8-7-20(27(21)14-16-5-6-16)12-22(28)26-19-3-2-4-19/h9-11,16,19-21H,2-8,12-14H2,1H3,(H,25,29)(H,26,28)/t20-,21+/m1/s1. The first-order valence-electron chi connectivity index (χ1n) is 11.1. The smallest absolute Gasteiger partial charge is 0.251 e. The third kappa shape index (κ3) is 5.35. The fraction of sp³-hybridized carbons (Fsp3) is 0.652. The van der Waals surface area contributed by atoms with Gasteiger partial charge in [-0.1, -0.05) is 0 Å². The van der Waals surface area contributed by atoms with Gasteiger partial charge >= 0.3 is 0 Å². The lowest BCUT2D eigenvalue weighted by Crippen LogP contribution is -2.47. The van der Waals surface area contributed by atoms with Crippen molar-refractivity contribution in [3.8, 4) is 0 Å². The number of carbonyl (C=O) groups excluding carboxylic acids is 2. The zero-order chi connectivity index (χ0) is 20.4. The Morgan fingerprint density at radius 1 is 1.07 bits per heavy atom. The van der Waals surface area contributed by atoms with E-state index in [1.54, 1.807) is 13.0 Å². The largest absolute Gasteiger partial charge is 0.353 e. The van der Waals surface area contributed by atoms with Crippen LogP contribution < -0.4 is 10.6 Å². The van der Waals surface area contributed by atoms with Gasteiger partial charge in [0.05, 0.1) is 0 Å².